The van der Waals surface area contributed by atoms with E-state index in [1.165, 1.54) is 7.11 Å². The van der Waals surface area contributed by atoms with Crippen LogP contribution in [0.2, 0.25) is 0 Å². The molecule has 1 aromatic heterocycles. The van der Waals surface area contributed by atoms with Gasteiger partial charge in [-0.2, -0.15) is 0 Å². The summed E-state index contributed by atoms with van der Waals surface area (Å²) >= 11 is 0. The van der Waals surface area contributed by atoms with Crippen LogP contribution in [0.1, 0.15) is 17.5 Å². The van der Waals surface area contributed by atoms with E-state index < -0.39 is 16.1 Å². The van der Waals surface area contributed by atoms with E-state index in [9.17, 15) is 8.42 Å². The van der Waals surface area contributed by atoms with Crippen molar-refractivity contribution in [3.05, 3.63) is 23.8 Å². The van der Waals surface area contributed by atoms with Gasteiger partial charge in [0.2, 0.25) is 10.0 Å². The number of ether oxygens (including phenoxy) is 1. The van der Waals surface area contributed by atoms with E-state index in [0.29, 0.717) is 5.82 Å². The average molecular weight is 231 g/mol. The molecule has 1 atom stereocenters. The third-order valence-electron chi connectivity index (χ3n) is 1.76. The van der Waals surface area contributed by atoms with Crippen molar-refractivity contribution in [1.29, 1.82) is 0 Å². The number of primary sulfonamides is 1. The van der Waals surface area contributed by atoms with E-state index >= 15 is 0 Å². The van der Waals surface area contributed by atoms with Crippen LogP contribution in [0.25, 0.3) is 0 Å². The zero-order valence-electron chi connectivity index (χ0n) is 8.54. The number of hydrogen-bond acceptors (Lipinski definition) is 5. The summed E-state index contributed by atoms with van der Waals surface area (Å²) in [5, 5.41) is 4.92. The van der Waals surface area contributed by atoms with Crippen molar-refractivity contribution in [2.24, 2.45) is 5.14 Å². The van der Waals surface area contributed by atoms with E-state index in [1.807, 2.05) is 6.92 Å². The van der Waals surface area contributed by atoms with Crippen molar-refractivity contribution >= 4 is 10.0 Å². The molecule has 0 fully saturated rings. The number of hydrogen-bond donors (Lipinski definition) is 1. The minimum Gasteiger partial charge on any atom is -0.372 e. The molecule has 7 heteroatoms. The predicted molar refractivity (Wildman–Crippen MR) is 54.5 cm³/mol. The van der Waals surface area contributed by atoms with Crippen molar-refractivity contribution in [3.8, 4) is 0 Å². The summed E-state index contributed by atoms with van der Waals surface area (Å²) in [4.78, 5) is 7.96. The maximum atomic E-state index is 10.9. The van der Waals surface area contributed by atoms with Crippen molar-refractivity contribution in [2.75, 3.05) is 12.9 Å². The van der Waals surface area contributed by atoms with Gasteiger partial charge >= 0.3 is 0 Å². The standard InChI is InChI=1S/C8H13N3O3S/c1-6-3-10-8(11-4-6)7(14-2)5-15(9,12)13/h3-4,7H,5H2,1-2H3,(H2,9,12,13)/t7-/m1/s1. The van der Waals surface area contributed by atoms with Crippen LogP contribution in [0, 0.1) is 6.92 Å². The summed E-state index contributed by atoms with van der Waals surface area (Å²) in [6.07, 6.45) is 2.47. The van der Waals surface area contributed by atoms with Crippen LogP contribution < -0.4 is 5.14 Å². The Labute approximate surface area is 88.5 Å². The van der Waals surface area contributed by atoms with Gasteiger partial charge < -0.3 is 4.74 Å². The molecule has 2 N–H and O–H groups in total. The Morgan fingerprint density at radius 3 is 2.40 bits per heavy atom. The molecule has 0 aromatic carbocycles. The van der Waals surface area contributed by atoms with Gasteiger partial charge in [0.05, 0.1) is 5.75 Å². The highest BCUT2D eigenvalue weighted by atomic mass is 32.2. The van der Waals surface area contributed by atoms with E-state index in [4.69, 9.17) is 9.88 Å². The second-order valence-electron chi connectivity index (χ2n) is 3.17. The summed E-state index contributed by atoms with van der Waals surface area (Å²) in [6.45, 7) is 1.84. The smallest absolute Gasteiger partial charge is 0.212 e. The molecular weight excluding hydrogens is 218 g/mol. The molecule has 0 aliphatic carbocycles. The first kappa shape index (κ1) is 12.0. The van der Waals surface area contributed by atoms with Crippen molar-refractivity contribution in [3.63, 3.8) is 0 Å². The second kappa shape index (κ2) is 4.65. The Bertz CT molecular complexity index is 415. The lowest BCUT2D eigenvalue weighted by molar-refractivity contribution is 0.114. The molecule has 0 aliphatic rings. The van der Waals surface area contributed by atoms with Gasteiger partial charge in [-0.15, -0.1) is 0 Å². The van der Waals surface area contributed by atoms with Gasteiger partial charge in [0.1, 0.15) is 6.10 Å². The predicted octanol–water partition coefficient (Wildman–Crippen LogP) is -0.239. The zero-order valence-corrected chi connectivity index (χ0v) is 9.36. The van der Waals surface area contributed by atoms with Gasteiger partial charge in [-0.25, -0.2) is 23.5 Å². The second-order valence-corrected chi connectivity index (χ2v) is 4.83. The van der Waals surface area contributed by atoms with Crippen LogP contribution in [0.3, 0.4) is 0 Å². The molecule has 15 heavy (non-hydrogen) atoms. The number of rotatable bonds is 4. The third-order valence-corrected chi connectivity index (χ3v) is 2.52. The van der Waals surface area contributed by atoms with Crippen molar-refractivity contribution < 1.29 is 13.2 Å². The fourth-order valence-corrected chi connectivity index (χ4v) is 1.73. The van der Waals surface area contributed by atoms with Gasteiger partial charge in [0.15, 0.2) is 5.82 Å². The van der Waals surface area contributed by atoms with Crippen molar-refractivity contribution in [1.82, 2.24) is 9.97 Å². The van der Waals surface area contributed by atoms with E-state index in [1.54, 1.807) is 12.4 Å². The van der Waals surface area contributed by atoms with Crippen LogP contribution in [-0.2, 0) is 14.8 Å². The molecule has 1 heterocycles. The van der Waals surface area contributed by atoms with Gasteiger partial charge in [-0.05, 0) is 12.5 Å². The number of nitrogens with zero attached hydrogens (tertiary/aromatic N) is 2. The molecule has 0 spiro atoms. The molecule has 0 radical (unpaired) electrons. The summed E-state index contributed by atoms with van der Waals surface area (Å²) in [5.41, 5.74) is 0.893. The molecule has 6 nitrogen and oxygen atoms in total. The number of methoxy groups -OCH3 is 1. The highest BCUT2D eigenvalue weighted by Gasteiger charge is 2.19. The normalized spacial score (nSPS) is 13.8. The third kappa shape index (κ3) is 3.90. The SMILES string of the molecule is CO[C@H](CS(N)(=O)=O)c1ncc(C)cn1. The fourth-order valence-electron chi connectivity index (χ4n) is 1.03. The van der Waals surface area contributed by atoms with E-state index in [0.717, 1.165) is 5.56 Å². The molecule has 0 amide bonds. The molecule has 1 aromatic rings. The summed E-state index contributed by atoms with van der Waals surface area (Å²) in [6, 6.07) is 0. The van der Waals surface area contributed by atoms with Crippen LogP contribution in [0.4, 0.5) is 0 Å². The lowest BCUT2D eigenvalue weighted by atomic mass is 10.3. The fraction of sp³-hybridized carbons (Fsp3) is 0.500. The average Bonchev–Trinajstić information content (AvgIpc) is 2.14. The summed E-state index contributed by atoms with van der Waals surface area (Å²) in [7, 11) is -2.21. The van der Waals surface area contributed by atoms with E-state index in [-0.39, 0.29) is 5.75 Å². The quantitative estimate of drug-likeness (QED) is 0.771. The molecule has 0 aliphatic heterocycles. The minimum atomic E-state index is -3.60. The molecular formula is C8H13N3O3S. The number of nitrogens with two attached hydrogens (primary N) is 1. The highest BCUT2D eigenvalue weighted by molar-refractivity contribution is 7.89. The number of aryl methyl sites for hydroxylation is 1. The van der Waals surface area contributed by atoms with Crippen molar-refractivity contribution in [2.45, 2.75) is 13.0 Å². The maximum absolute atomic E-state index is 10.9. The van der Waals surface area contributed by atoms with Crippen LogP contribution in [0.15, 0.2) is 12.4 Å². The van der Waals surface area contributed by atoms with Gasteiger partial charge in [0.25, 0.3) is 0 Å². The lowest BCUT2D eigenvalue weighted by Crippen LogP contribution is -2.24. The van der Waals surface area contributed by atoms with Crippen LogP contribution >= 0.6 is 0 Å². The Morgan fingerprint density at radius 1 is 1.47 bits per heavy atom. The lowest BCUT2D eigenvalue weighted by Gasteiger charge is -2.11. The van der Waals surface area contributed by atoms with Crippen LogP contribution in [0.5, 0.6) is 0 Å². The molecule has 84 valence electrons. The first-order chi connectivity index (χ1) is 6.92. The Balaban J connectivity index is 2.88. The number of aromatic nitrogens is 2. The summed E-state index contributed by atoms with van der Waals surface area (Å²) < 4.78 is 26.7. The summed E-state index contributed by atoms with van der Waals surface area (Å²) in [5.74, 6) is -0.0100. The molecule has 0 bridgehead atoms. The Kier molecular flexibility index (Phi) is 3.72. The number of sulfonamides is 1. The minimum absolute atomic E-state index is 0.317. The first-order valence-electron chi connectivity index (χ1n) is 4.24. The Hall–Kier alpha value is -1.05. The topological polar surface area (TPSA) is 95.2 Å². The highest BCUT2D eigenvalue weighted by Crippen LogP contribution is 2.12. The Morgan fingerprint density at radius 2 is 2.00 bits per heavy atom. The van der Waals surface area contributed by atoms with Gasteiger partial charge in [-0.3, -0.25) is 0 Å². The molecule has 0 saturated carbocycles. The van der Waals surface area contributed by atoms with E-state index in [2.05, 4.69) is 9.97 Å². The molecule has 0 saturated heterocycles. The molecule has 0 unspecified atom stereocenters. The largest absolute Gasteiger partial charge is 0.372 e. The zero-order chi connectivity index (χ0) is 11.5. The van der Waals surface area contributed by atoms with Gasteiger partial charge in [0, 0.05) is 19.5 Å². The van der Waals surface area contributed by atoms with Gasteiger partial charge in [-0.1, -0.05) is 0 Å². The molecule has 1 rings (SSSR count). The maximum Gasteiger partial charge on any atom is 0.212 e. The first-order valence-corrected chi connectivity index (χ1v) is 5.95. The monoisotopic (exact) mass is 231 g/mol. The van der Waals surface area contributed by atoms with Crippen LogP contribution in [-0.4, -0.2) is 31.2 Å².